The Bertz CT molecular complexity index is 345. The van der Waals surface area contributed by atoms with Crippen molar-refractivity contribution < 1.29 is 4.79 Å². The van der Waals surface area contributed by atoms with Gasteiger partial charge < -0.3 is 10.6 Å². The van der Waals surface area contributed by atoms with Gasteiger partial charge in [0.25, 0.3) is 0 Å². The van der Waals surface area contributed by atoms with Crippen LogP contribution in [0.3, 0.4) is 0 Å². The highest BCUT2D eigenvalue weighted by atomic mass is 16.2. The molecular weight excluding hydrogens is 214 g/mol. The Labute approximate surface area is 102 Å². The van der Waals surface area contributed by atoms with Gasteiger partial charge in [-0.1, -0.05) is 12.8 Å². The van der Waals surface area contributed by atoms with Crippen molar-refractivity contribution in [1.82, 2.24) is 15.6 Å². The summed E-state index contributed by atoms with van der Waals surface area (Å²) in [6.07, 6.45) is 7.97. The minimum Gasteiger partial charge on any atom is -0.351 e. The molecule has 0 spiro atoms. The second kappa shape index (κ2) is 6.35. The number of nitrogens with one attached hydrogen (secondary N) is 2. The highest BCUT2D eigenvalue weighted by Crippen LogP contribution is 2.08. The molecule has 0 radical (unpaired) electrons. The Kier molecular flexibility index (Phi) is 4.50. The molecule has 1 aromatic heterocycles. The van der Waals surface area contributed by atoms with Crippen molar-refractivity contribution in [3.05, 3.63) is 30.1 Å². The van der Waals surface area contributed by atoms with Crippen LogP contribution in [-0.4, -0.2) is 23.5 Å². The average Bonchev–Trinajstić information content (AvgIpc) is 2.66. The highest BCUT2D eigenvalue weighted by Gasteiger charge is 2.18. The molecule has 2 N–H and O–H groups in total. The summed E-state index contributed by atoms with van der Waals surface area (Å²) in [6, 6.07) is 3.82. The molecule has 4 heteroatoms. The van der Waals surface area contributed by atoms with Crippen LogP contribution in [0, 0.1) is 0 Å². The number of pyridine rings is 1. The molecule has 2 rings (SSSR count). The predicted octanol–water partition coefficient (Wildman–Crippen LogP) is 1.23. The van der Waals surface area contributed by atoms with Crippen molar-refractivity contribution in [2.24, 2.45) is 0 Å². The van der Waals surface area contributed by atoms with E-state index in [0.29, 0.717) is 6.54 Å². The zero-order chi connectivity index (χ0) is 11.9. The van der Waals surface area contributed by atoms with Gasteiger partial charge in [-0.25, -0.2) is 0 Å². The van der Waals surface area contributed by atoms with Crippen molar-refractivity contribution in [3.63, 3.8) is 0 Å². The monoisotopic (exact) mass is 233 g/mol. The first kappa shape index (κ1) is 12.0. The van der Waals surface area contributed by atoms with Gasteiger partial charge in [-0.05, 0) is 37.1 Å². The molecule has 0 saturated carbocycles. The van der Waals surface area contributed by atoms with E-state index in [2.05, 4.69) is 15.6 Å². The topological polar surface area (TPSA) is 54.0 Å². The standard InChI is InChI=1S/C13H19N3O/c17-13(12-4-2-1-3-7-15-12)16-10-11-5-8-14-9-6-11/h5-6,8-9,12,15H,1-4,7,10H2,(H,16,17). The quantitative estimate of drug-likeness (QED) is 0.825. The van der Waals surface area contributed by atoms with Crippen LogP contribution >= 0.6 is 0 Å². The van der Waals surface area contributed by atoms with Crippen molar-refractivity contribution in [2.75, 3.05) is 6.54 Å². The molecule has 1 amide bonds. The van der Waals surface area contributed by atoms with Crippen LogP contribution in [0.2, 0.25) is 0 Å². The smallest absolute Gasteiger partial charge is 0.237 e. The molecule has 0 aromatic carbocycles. The lowest BCUT2D eigenvalue weighted by atomic mass is 10.1. The van der Waals surface area contributed by atoms with E-state index in [1.807, 2.05) is 12.1 Å². The van der Waals surface area contributed by atoms with Crippen molar-refractivity contribution >= 4 is 5.91 Å². The van der Waals surface area contributed by atoms with Crippen LogP contribution in [0.5, 0.6) is 0 Å². The van der Waals surface area contributed by atoms with Crippen molar-refractivity contribution in [1.29, 1.82) is 0 Å². The van der Waals surface area contributed by atoms with Gasteiger partial charge in [0.2, 0.25) is 5.91 Å². The fourth-order valence-electron chi connectivity index (χ4n) is 2.07. The number of amides is 1. The van der Waals surface area contributed by atoms with Crippen molar-refractivity contribution in [2.45, 2.75) is 38.3 Å². The van der Waals surface area contributed by atoms with E-state index >= 15 is 0 Å². The van der Waals surface area contributed by atoms with E-state index in [4.69, 9.17) is 0 Å². The van der Waals surface area contributed by atoms with Gasteiger partial charge in [0, 0.05) is 18.9 Å². The van der Waals surface area contributed by atoms with Gasteiger partial charge in [0.1, 0.15) is 0 Å². The number of carbonyl (C=O) groups is 1. The Hall–Kier alpha value is -1.42. The Morgan fingerprint density at radius 1 is 1.35 bits per heavy atom. The van der Waals surface area contributed by atoms with Gasteiger partial charge >= 0.3 is 0 Å². The van der Waals surface area contributed by atoms with Crippen LogP contribution in [0.15, 0.2) is 24.5 Å². The Morgan fingerprint density at radius 3 is 3.00 bits per heavy atom. The average molecular weight is 233 g/mol. The second-order valence-electron chi connectivity index (χ2n) is 4.43. The summed E-state index contributed by atoms with van der Waals surface area (Å²) in [5.74, 6) is 0.115. The third kappa shape index (κ3) is 3.82. The molecule has 17 heavy (non-hydrogen) atoms. The summed E-state index contributed by atoms with van der Waals surface area (Å²) in [5, 5.41) is 6.26. The summed E-state index contributed by atoms with van der Waals surface area (Å²) in [7, 11) is 0. The SMILES string of the molecule is O=C(NCc1ccncc1)C1CCCCCN1. The Balaban J connectivity index is 1.80. The third-order valence-electron chi connectivity index (χ3n) is 3.09. The minimum absolute atomic E-state index is 0.0145. The fraction of sp³-hybridized carbons (Fsp3) is 0.538. The summed E-state index contributed by atoms with van der Waals surface area (Å²) < 4.78 is 0. The molecule has 1 aliphatic rings. The largest absolute Gasteiger partial charge is 0.351 e. The minimum atomic E-state index is -0.0145. The summed E-state index contributed by atoms with van der Waals surface area (Å²) >= 11 is 0. The lowest BCUT2D eigenvalue weighted by Crippen LogP contribution is -2.43. The van der Waals surface area contributed by atoms with E-state index in [0.717, 1.165) is 24.9 Å². The van der Waals surface area contributed by atoms with Crippen LogP contribution in [0.1, 0.15) is 31.2 Å². The van der Waals surface area contributed by atoms with E-state index < -0.39 is 0 Å². The first-order chi connectivity index (χ1) is 8.36. The van der Waals surface area contributed by atoms with Gasteiger partial charge in [0.15, 0.2) is 0 Å². The van der Waals surface area contributed by atoms with E-state index in [-0.39, 0.29) is 11.9 Å². The van der Waals surface area contributed by atoms with Gasteiger partial charge in [-0.3, -0.25) is 9.78 Å². The number of nitrogens with zero attached hydrogens (tertiary/aromatic N) is 1. The van der Waals surface area contributed by atoms with Crippen LogP contribution in [-0.2, 0) is 11.3 Å². The van der Waals surface area contributed by atoms with Crippen LogP contribution in [0.4, 0.5) is 0 Å². The molecule has 1 fully saturated rings. The number of hydrogen-bond donors (Lipinski definition) is 2. The molecule has 1 saturated heterocycles. The summed E-state index contributed by atoms with van der Waals surface area (Å²) in [4.78, 5) is 15.9. The molecule has 1 unspecified atom stereocenters. The Morgan fingerprint density at radius 2 is 2.18 bits per heavy atom. The molecular formula is C13H19N3O. The predicted molar refractivity (Wildman–Crippen MR) is 66.3 cm³/mol. The molecule has 1 aliphatic heterocycles. The van der Waals surface area contributed by atoms with Crippen molar-refractivity contribution in [3.8, 4) is 0 Å². The molecule has 0 aliphatic carbocycles. The molecule has 0 bridgehead atoms. The normalized spacial score (nSPS) is 20.6. The summed E-state index contributed by atoms with van der Waals surface area (Å²) in [6.45, 7) is 1.53. The number of carbonyl (C=O) groups excluding carboxylic acids is 1. The number of rotatable bonds is 3. The maximum absolute atomic E-state index is 11.9. The van der Waals surface area contributed by atoms with Crippen LogP contribution < -0.4 is 10.6 Å². The fourth-order valence-corrected chi connectivity index (χ4v) is 2.07. The third-order valence-corrected chi connectivity index (χ3v) is 3.09. The van der Waals surface area contributed by atoms with Crippen LogP contribution in [0.25, 0.3) is 0 Å². The lowest BCUT2D eigenvalue weighted by Gasteiger charge is -2.15. The van der Waals surface area contributed by atoms with E-state index in [1.165, 1.54) is 12.8 Å². The molecule has 1 atom stereocenters. The molecule has 4 nitrogen and oxygen atoms in total. The van der Waals surface area contributed by atoms with Gasteiger partial charge in [0.05, 0.1) is 6.04 Å². The summed E-state index contributed by atoms with van der Waals surface area (Å²) in [5.41, 5.74) is 1.09. The van der Waals surface area contributed by atoms with E-state index in [1.54, 1.807) is 12.4 Å². The maximum atomic E-state index is 11.9. The molecule has 1 aromatic rings. The van der Waals surface area contributed by atoms with E-state index in [9.17, 15) is 4.79 Å². The lowest BCUT2D eigenvalue weighted by molar-refractivity contribution is -0.123. The zero-order valence-electron chi connectivity index (χ0n) is 9.98. The number of aromatic nitrogens is 1. The molecule has 92 valence electrons. The van der Waals surface area contributed by atoms with Gasteiger partial charge in [-0.15, -0.1) is 0 Å². The number of hydrogen-bond acceptors (Lipinski definition) is 3. The van der Waals surface area contributed by atoms with Gasteiger partial charge in [-0.2, -0.15) is 0 Å². The molecule has 2 heterocycles. The maximum Gasteiger partial charge on any atom is 0.237 e. The highest BCUT2D eigenvalue weighted by molar-refractivity contribution is 5.81. The zero-order valence-corrected chi connectivity index (χ0v) is 9.98. The first-order valence-electron chi connectivity index (χ1n) is 6.26. The first-order valence-corrected chi connectivity index (χ1v) is 6.26. The second-order valence-corrected chi connectivity index (χ2v) is 4.43.